The Morgan fingerprint density at radius 1 is 1.33 bits per heavy atom. The molecule has 5 heteroatoms. The van der Waals surface area contributed by atoms with Crippen LogP contribution in [0.4, 0.5) is 0 Å². The van der Waals surface area contributed by atoms with Crippen molar-refractivity contribution in [3.05, 3.63) is 0 Å². The van der Waals surface area contributed by atoms with Crippen molar-refractivity contribution in [1.29, 1.82) is 0 Å². The SMILES string of the molecule is NCC(CO)C(O)(O)O. The molecule has 0 aromatic heterocycles. The lowest BCUT2D eigenvalue weighted by Crippen LogP contribution is -2.43. The second kappa shape index (κ2) is 3.09. The molecule has 0 aliphatic rings. The third kappa shape index (κ3) is 2.73. The van der Waals surface area contributed by atoms with E-state index in [-0.39, 0.29) is 6.54 Å². The first-order valence-electron chi connectivity index (χ1n) is 2.50. The molecule has 1 atom stereocenters. The van der Waals surface area contributed by atoms with Crippen LogP contribution < -0.4 is 5.73 Å². The van der Waals surface area contributed by atoms with Gasteiger partial charge in [-0.15, -0.1) is 0 Å². The maximum atomic E-state index is 8.35. The number of nitrogens with two attached hydrogens (primary N) is 1. The van der Waals surface area contributed by atoms with Gasteiger partial charge in [0, 0.05) is 6.54 Å². The molecule has 0 saturated heterocycles. The maximum absolute atomic E-state index is 8.35. The van der Waals surface area contributed by atoms with Gasteiger partial charge in [0.25, 0.3) is 5.97 Å². The summed E-state index contributed by atoms with van der Waals surface area (Å²) in [5.74, 6) is -3.96. The predicted octanol–water partition coefficient (Wildman–Crippen LogP) is -2.82. The van der Waals surface area contributed by atoms with E-state index in [0.29, 0.717) is 0 Å². The summed E-state index contributed by atoms with van der Waals surface area (Å²) < 4.78 is 0. The predicted molar refractivity (Wildman–Crippen MR) is 29.0 cm³/mol. The molecule has 0 aromatic carbocycles. The standard InChI is InChI=1S/C4H11NO4/c5-1-3(2-6)4(7,8)9/h3,6-9H,1-2,5H2. The average molecular weight is 137 g/mol. The molecule has 5 nitrogen and oxygen atoms in total. The maximum Gasteiger partial charge on any atom is 0.281 e. The van der Waals surface area contributed by atoms with Crippen molar-refractivity contribution in [2.45, 2.75) is 5.97 Å². The lowest BCUT2D eigenvalue weighted by atomic mass is 10.1. The zero-order valence-corrected chi connectivity index (χ0v) is 4.86. The first kappa shape index (κ1) is 8.80. The Morgan fingerprint density at radius 2 is 1.78 bits per heavy atom. The van der Waals surface area contributed by atoms with E-state index in [1.807, 2.05) is 0 Å². The fourth-order valence-corrected chi connectivity index (χ4v) is 0.355. The molecule has 6 N–H and O–H groups in total. The normalized spacial score (nSPS) is 15.7. The van der Waals surface area contributed by atoms with Gasteiger partial charge in [0.05, 0.1) is 12.5 Å². The molecular weight excluding hydrogens is 126 g/mol. The average Bonchev–Trinajstić information content (AvgIpc) is 1.65. The minimum absolute atomic E-state index is 0.181. The van der Waals surface area contributed by atoms with Crippen LogP contribution in [0, 0.1) is 5.92 Å². The molecule has 0 aromatic rings. The Balaban J connectivity index is 3.79. The third-order valence-corrected chi connectivity index (χ3v) is 1.05. The van der Waals surface area contributed by atoms with Crippen molar-refractivity contribution >= 4 is 0 Å². The van der Waals surface area contributed by atoms with E-state index in [0.717, 1.165) is 0 Å². The van der Waals surface area contributed by atoms with Crippen LogP contribution >= 0.6 is 0 Å². The van der Waals surface area contributed by atoms with Crippen molar-refractivity contribution in [3.63, 3.8) is 0 Å². The summed E-state index contributed by atoms with van der Waals surface area (Å²) in [6.07, 6.45) is 0. The minimum Gasteiger partial charge on any atom is -0.396 e. The smallest absolute Gasteiger partial charge is 0.281 e. The molecule has 0 saturated carbocycles. The van der Waals surface area contributed by atoms with E-state index in [1.165, 1.54) is 0 Å². The molecule has 9 heavy (non-hydrogen) atoms. The highest BCUT2D eigenvalue weighted by atomic mass is 16.7. The Bertz CT molecular complexity index is 75.1. The zero-order chi connectivity index (χ0) is 7.49. The fourth-order valence-electron chi connectivity index (χ4n) is 0.355. The molecule has 0 heterocycles. The van der Waals surface area contributed by atoms with Gasteiger partial charge in [-0.2, -0.15) is 0 Å². The van der Waals surface area contributed by atoms with Gasteiger partial charge in [-0.25, -0.2) is 0 Å². The van der Waals surface area contributed by atoms with Crippen molar-refractivity contribution in [1.82, 2.24) is 0 Å². The molecule has 0 spiro atoms. The topological polar surface area (TPSA) is 107 Å². The second-order valence-electron chi connectivity index (χ2n) is 1.80. The van der Waals surface area contributed by atoms with E-state index in [9.17, 15) is 0 Å². The molecule has 0 aliphatic heterocycles. The highest BCUT2D eigenvalue weighted by Gasteiger charge is 2.29. The minimum atomic E-state index is -2.86. The van der Waals surface area contributed by atoms with Crippen LogP contribution in [0.25, 0.3) is 0 Å². The Morgan fingerprint density at radius 3 is 1.78 bits per heavy atom. The molecule has 0 fully saturated rings. The molecule has 0 aliphatic carbocycles. The summed E-state index contributed by atoms with van der Waals surface area (Å²) in [5, 5.41) is 33.3. The van der Waals surface area contributed by atoms with Crippen LogP contribution in [-0.2, 0) is 0 Å². The molecule has 0 amide bonds. The largest absolute Gasteiger partial charge is 0.396 e. The van der Waals surface area contributed by atoms with E-state index in [4.69, 9.17) is 26.2 Å². The number of aliphatic hydroxyl groups excluding tert-OH is 1. The molecule has 0 bridgehead atoms. The van der Waals surface area contributed by atoms with E-state index < -0.39 is 18.5 Å². The summed E-state index contributed by atoms with van der Waals surface area (Å²) in [5.41, 5.74) is 4.93. The van der Waals surface area contributed by atoms with Crippen LogP contribution in [0.5, 0.6) is 0 Å². The van der Waals surface area contributed by atoms with Gasteiger partial charge in [-0.05, 0) is 0 Å². The van der Waals surface area contributed by atoms with Crippen molar-refractivity contribution in [2.24, 2.45) is 11.7 Å². The first-order chi connectivity index (χ1) is 4.02. The van der Waals surface area contributed by atoms with Crippen LogP contribution in [0.15, 0.2) is 0 Å². The number of hydrogen-bond acceptors (Lipinski definition) is 5. The van der Waals surface area contributed by atoms with Gasteiger partial charge >= 0.3 is 0 Å². The summed E-state index contributed by atoms with van der Waals surface area (Å²) in [4.78, 5) is 0. The fraction of sp³-hybridized carbons (Fsp3) is 1.00. The highest BCUT2D eigenvalue weighted by molar-refractivity contribution is 4.64. The summed E-state index contributed by atoms with van der Waals surface area (Å²) in [7, 11) is 0. The Hall–Kier alpha value is -0.200. The van der Waals surface area contributed by atoms with Crippen LogP contribution in [-0.4, -0.2) is 39.6 Å². The van der Waals surface area contributed by atoms with Crippen molar-refractivity contribution in [2.75, 3.05) is 13.2 Å². The lowest BCUT2D eigenvalue weighted by molar-refractivity contribution is -0.343. The quantitative estimate of drug-likeness (QED) is 0.270. The lowest BCUT2D eigenvalue weighted by Gasteiger charge is -2.21. The number of aliphatic hydroxyl groups is 4. The van der Waals surface area contributed by atoms with E-state index in [1.54, 1.807) is 0 Å². The molecule has 0 radical (unpaired) electrons. The molecule has 1 unspecified atom stereocenters. The van der Waals surface area contributed by atoms with Gasteiger partial charge < -0.3 is 26.2 Å². The molecular formula is C4H11NO4. The van der Waals surface area contributed by atoms with Crippen LogP contribution in [0.1, 0.15) is 0 Å². The van der Waals surface area contributed by atoms with Crippen molar-refractivity contribution < 1.29 is 20.4 Å². The van der Waals surface area contributed by atoms with Gasteiger partial charge in [0.2, 0.25) is 0 Å². The Kier molecular flexibility index (Phi) is 3.02. The van der Waals surface area contributed by atoms with Crippen LogP contribution in [0.3, 0.4) is 0 Å². The zero-order valence-electron chi connectivity index (χ0n) is 4.86. The number of rotatable bonds is 3. The summed E-state index contributed by atoms with van der Waals surface area (Å²) >= 11 is 0. The van der Waals surface area contributed by atoms with E-state index in [2.05, 4.69) is 0 Å². The summed E-state index contributed by atoms with van der Waals surface area (Å²) in [6.45, 7) is -0.736. The Labute approximate surface area is 52.4 Å². The molecule has 0 rings (SSSR count). The van der Waals surface area contributed by atoms with Gasteiger partial charge in [0.1, 0.15) is 0 Å². The first-order valence-corrected chi connectivity index (χ1v) is 2.50. The van der Waals surface area contributed by atoms with Gasteiger partial charge in [0.15, 0.2) is 0 Å². The third-order valence-electron chi connectivity index (χ3n) is 1.05. The van der Waals surface area contributed by atoms with Crippen LogP contribution in [0.2, 0.25) is 0 Å². The second-order valence-corrected chi connectivity index (χ2v) is 1.80. The van der Waals surface area contributed by atoms with E-state index >= 15 is 0 Å². The summed E-state index contributed by atoms with van der Waals surface area (Å²) in [6, 6.07) is 0. The van der Waals surface area contributed by atoms with Gasteiger partial charge in [-0.1, -0.05) is 0 Å². The van der Waals surface area contributed by atoms with Gasteiger partial charge in [-0.3, -0.25) is 0 Å². The monoisotopic (exact) mass is 137 g/mol. The highest BCUT2D eigenvalue weighted by Crippen LogP contribution is 2.07. The van der Waals surface area contributed by atoms with Crippen molar-refractivity contribution in [3.8, 4) is 0 Å². The molecule has 56 valence electrons. The number of hydrogen-bond donors (Lipinski definition) is 5.